The smallest absolute Gasteiger partial charge is 0.340 e. The fourth-order valence-corrected chi connectivity index (χ4v) is 1.27. The predicted octanol–water partition coefficient (Wildman–Crippen LogP) is 2.34. The number of halogens is 3. The van der Waals surface area contributed by atoms with Crippen molar-refractivity contribution in [2.75, 3.05) is 13.7 Å². The topological polar surface area (TPSA) is 48.4 Å². The molecular formula is C10H10F3NO3. The number of carbonyl (C=O) groups excluding carboxylic acids is 1. The second-order valence-electron chi connectivity index (χ2n) is 2.93. The lowest BCUT2D eigenvalue weighted by Gasteiger charge is -2.12. The molecule has 0 aliphatic heterocycles. The van der Waals surface area contributed by atoms with Gasteiger partial charge in [0.15, 0.2) is 5.75 Å². The second-order valence-corrected chi connectivity index (χ2v) is 2.93. The van der Waals surface area contributed by atoms with Gasteiger partial charge < -0.3 is 9.47 Å². The SMILES string of the molecule is CCOC(=O)c1cnc(F)c(OC)c1C(F)F. The monoisotopic (exact) mass is 249 g/mol. The van der Waals surface area contributed by atoms with Gasteiger partial charge in [0.2, 0.25) is 0 Å². The second kappa shape index (κ2) is 5.51. The van der Waals surface area contributed by atoms with E-state index in [0.717, 1.165) is 7.11 Å². The maximum absolute atomic E-state index is 13.1. The molecule has 0 unspecified atom stereocenters. The van der Waals surface area contributed by atoms with Crippen molar-refractivity contribution < 1.29 is 27.4 Å². The third kappa shape index (κ3) is 2.66. The predicted molar refractivity (Wildman–Crippen MR) is 51.7 cm³/mol. The molecule has 0 saturated heterocycles. The Hall–Kier alpha value is -1.79. The van der Waals surface area contributed by atoms with Crippen LogP contribution in [0.3, 0.4) is 0 Å². The molecule has 0 fully saturated rings. The number of nitrogens with zero attached hydrogens (tertiary/aromatic N) is 1. The highest BCUT2D eigenvalue weighted by molar-refractivity contribution is 5.91. The molecule has 0 aliphatic carbocycles. The Labute approximate surface area is 95.4 Å². The summed E-state index contributed by atoms with van der Waals surface area (Å²) in [5, 5.41) is 0. The van der Waals surface area contributed by atoms with E-state index in [1.54, 1.807) is 0 Å². The summed E-state index contributed by atoms with van der Waals surface area (Å²) in [6, 6.07) is 0. The number of rotatable bonds is 4. The van der Waals surface area contributed by atoms with Gasteiger partial charge in [-0.1, -0.05) is 0 Å². The lowest BCUT2D eigenvalue weighted by molar-refractivity contribution is 0.0513. The lowest BCUT2D eigenvalue weighted by Crippen LogP contribution is -2.12. The summed E-state index contributed by atoms with van der Waals surface area (Å²) in [6.45, 7) is 1.54. The van der Waals surface area contributed by atoms with E-state index in [1.165, 1.54) is 6.92 Å². The summed E-state index contributed by atoms with van der Waals surface area (Å²) in [5.74, 6) is -2.94. The van der Waals surface area contributed by atoms with Gasteiger partial charge in [0.05, 0.1) is 24.8 Å². The van der Waals surface area contributed by atoms with E-state index in [-0.39, 0.29) is 6.61 Å². The average molecular weight is 249 g/mol. The fraction of sp³-hybridized carbons (Fsp3) is 0.400. The highest BCUT2D eigenvalue weighted by Crippen LogP contribution is 2.33. The van der Waals surface area contributed by atoms with Crippen LogP contribution >= 0.6 is 0 Å². The van der Waals surface area contributed by atoms with E-state index in [4.69, 9.17) is 0 Å². The number of hydrogen-bond acceptors (Lipinski definition) is 4. The van der Waals surface area contributed by atoms with E-state index >= 15 is 0 Å². The zero-order valence-electron chi connectivity index (χ0n) is 9.17. The number of carbonyl (C=O) groups is 1. The van der Waals surface area contributed by atoms with Crippen molar-refractivity contribution in [3.8, 4) is 5.75 Å². The van der Waals surface area contributed by atoms with E-state index in [0.29, 0.717) is 6.20 Å². The van der Waals surface area contributed by atoms with E-state index < -0.39 is 35.2 Å². The molecular weight excluding hydrogens is 239 g/mol. The van der Waals surface area contributed by atoms with Crippen molar-refractivity contribution in [2.45, 2.75) is 13.3 Å². The molecule has 94 valence electrons. The lowest BCUT2D eigenvalue weighted by atomic mass is 10.1. The fourth-order valence-electron chi connectivity index (χ4n) is 1.27. The molecule has 0 saturated carbocycles. The van der Waals surface area contributed by atoms with Gasteiger partial charge in [-0.15, -0.1) is 0 Å². The first-order valence-corrected chi connectivity index (χ1v) is 4.70. The Balaban J connectivity index is 3.35. The molecule has 0 N–H and O–H groups in total. The normalized spacial score (nSPS) is 10.5. The Bertz CT molecular complexity index is 424. The molecule has 4 nitrogen and oxygen atoms in total. The summed E-state index contributed by atoms with van der Waals surface area (Å²) in [6.07, 6.45) is -2.36. The molecule has 1 aromatic rings. The molecule has 0 atom stereocenters. The summed E-state index contributed by atoms with van der Waals surface area (Å²) in [7, 11) is 1.01. The third-order valence-electron chi connectivity index (χ3n) is 1.95. The number of methoxy groups -OCH3 is 1. The highest BCUT2D eigenvalue weighted by Gasteiger charge is 2.27. The van der Waals surface area contributed by atoms with Gasteiger partial charge >= 0.3 is 5.97 Å². The standard InChI is InChI=1S/C10H10F3NO3/c1-3-17-10(15)5-4-14-9(13)7(16-2)6(5)8(11)12/h4,8H,3H2,1-2H3. The van der Waals surface area contributed by atoms with Crippen LogP contribution in [0.2, 0.25) is 0 Å². The number of pyridine rings is 1. The van der Waals surface area contributed by atoms with E-state index in [9.17, 15) is 18.0 Å². The maximum Gasteiger partial charge on any atom is 0.340 e. The van der Waals surface area contributed by atoms with Gasteiger partial charge in [-0.05, 0) is 6.92 Å². The minimum Gasteiger partial charge on any atom is -0.492 e. The Kier molecular flexibility index (Phi) is 4.30. The van der Waals surface area contributed by atoms with Crippen molar-refractivity contribution in [3.05, 3.63) is 23.3 Å². The first kappa shape index (κ1) is 13.3. The van der Waals surface area contributed by atoms with Crippen molar-refractivity contribution in [2.24, 2.45) is 0 Å². The quantitative estimate of drug-likeness (QED) is 0.607. The molecule has 0 bridgehead atoms. The third-order valence-corrected chi connectivity index (χ3v) is 1.95. The van der Waals surface area contributed by atoms with Gasteiger partial charge in [0.1, 0.15) is 0 Å². The Morgan fingerprint density at radius 1 is 1.53 bits per heavy atom. The Morgan fingerprint density at radius 3 is 2.65 bits per heavy atom. The molecule has 0 amide bonds. The van der Waals surface area contributed by atoms with Crippen LogP contribution in [0.1, 0.15) is 29.3 Å². The zero-order valence-corrected chi connectivity index (χ0v) is 9.17. The van der Waals surface area contributed by atoms with Crippen LogP contribution in [-0.4, -0.2) is 24.7 Å². The minimum atomic E-state index is -3.07. The molecule has 0 radical (unpaired) electrons. The van der Waals surface area contributed by atoms with Crippen molar-refractivity contribution in [1.82, 2.24) is 4.98 Å². The van der Waals surface area contributed by atoms with Gasteiger partial charge in [-0.25, -0.2) is 18.6 Å². The first-order valence-electron chi connectivity index (χ1n) is 4.70. The highest BCUT2D eigenvalue weighted by atomic mass is 19.3. The van der Waals surface area contributed by atoms with Crippen LogP contribution < -0.4 is 4.74 Å². The molecule has 1 aromatic heterocycles. The number of aromatic nitrogens is 1. The summed E-state index contributed by atoms with van der Waals surface area (Å²) >= 11 is 0. The summed E-state index contributed by atoms with van der Waals surface area (Å²) in [4.78, 5) is 14.5. The van der Waals surface area contributed by atoms with Gasteiger partial charge in [0, 0.05) is 6.20 Å². The van der Waals surface area contributed by atoms with Crippen LogP contribution in [0.5, 0.6) is 5.75 Å². The molecule has 1 rings (SSSR count). The number of hydrogen-bond donors (Lipinski definition) is 0. The molecule has 0 aliphatic rings. The largest absolute Gasteiger partial charge is 0.492 e. The first-order chi connectivity index (χ1) is 8.02. The van der Waals surface area contributed by atoms with E-state index in [2.05, 4.69) is 14.5 Å². The number of alkyl halides is 2. The van der Waals surface area contributed by atoms with Crippen molar-refractivity contribution >= 4 is 5.97 Å². The van der Waals surface area contributed by atoms with Crippen LogP contribution in [0.25, 0.3) is 0 Å². The van der Waals surface area contributed by atoms with Crippen LogP contribution in [0, 0.1) is 5.95 Å². The summed E-state index contributed by atoms with van der Waals surface area (Å²) < 4.78 is 47.7. The van der Waals surface area contributed by atoms with Crippen molar-refractivity contribution in [1.29, 1.82) is 0 Å². The maximum atomic E-state index is 13.1. The van der Waals surface area contributed by atoms with Gasteiger partial charge in [-0.2, -0.15) is 4.39 Å². The van der Waals surface area contributed by atoms with Gasteiger partial charge in [0.25, 0.3) is 12.4 Å². The molecule has 17 heavy (non-hydrogen) atoms. The van der Waals surface area contributed by atoms with Crippen LogP contribution in [-0.2, 0) is 4.74 Å². The molecule has 0 spiro atoms. The number of esters is 1. The summed E-state index contributed by atoms with van der Waals surface area (Å²) in [5.41, 5.74) is -1.35. The average Bonchev–Trinajstić information content (AvgIpc) is 2.28. The molecule has 7 heteroatoms. The van der Waals surface area contributed by atoms with Crippen LogP contribution in [0.15, 0.2) is 6.20 Å². The zero-order chi connectivity index (χ0) is 13.0. The van der Waals surface area contributed by atoms with Gasteiger partial charge in [-0.3, -0.25) is 0 Å². The molecule has 1 heterocycles. The van der Waals surface area contributed by atoms with Crippen molar-refractivity contribution in [3.63, 3.8) is 0 Å². The number of ether oxygens (including phenoxy) is 2. The molecule has 0 aromatic carbocycles. The van der Waals surface area contributed by atoms with E-state index in [1.807, 2.05) is 0 Å². The Morgan fingerprint density at radius 2 is 2.18 bits per heavy atom. The minimum absolute atomic E-state index is 0.0151. The van der Waals surface area contributed by atoms with Crippen LogP contribution in [0.4, 0.5) is 13.2 Å².